The van der Waals surface area contributed by atoms with Gasteiger partial charge >= 0.3 is 5.97 Å². The summed E-state index contributed by atoms with van der Waals surface area (Å²) in [6.45, 7) is 3.76. The molecule has 2 bridgehead atoms. The molecule has 2 aromatic carbocycles. The molecule has 132 valence electrons. The highest BCUT2D eigenvalue weighted by Crippen LogP contribution is 2.45. The lowest BCUT2D eigenvalue weighted by Crippen LogP contribution is -2.40. The van der Waals surface area contributed by atoms with E-state index in [0.717, 1.165) is 15.9 Å². The number of benzene rings is 2. The molecular weight excluding hydrogens is 328 g/mol. The summed E-state index contributed by atoms with van der Waals surface area (Å²) in [4.78, 5) is 13.6. The Hall–Kier alpha value is -1.48. The van der Waals surface area contributed by atoms with Crippen LogP contribution in [0.4, 0.5) is 0 Å². The number of ether oxygens (including phenoxy) is 1. The van der Waals surface area contributed by atoms with Gasteiger partial charge in [0, 0.05) is 21.7 Å². The second-order valence-corrected chi connectivity index (χ2v) is 10.2. The van der Waals surface area contributed by atoms with Crippen molar-refractivity contribution in [1.29, 1.82) is 0 Å². The summed E-state index contributed by atoms with van der Waals surface area (Å²) in [5, 5.41) is 4.10. The van der Waals surface area contributed by atoms with E-state index in [1.54, 1.807) is 0 Å². The topological polar surface area (TPSA) is 26.3 Å². The first kappa shape index (κ1) is 17.0. The van der Waals surface area contributed by atoms with Crippen molar-refractivity contribution in [3.05, 3.63) is 36.4 Å². The van der Waals surface area contributed by atoms with E-state index in [2.05, 4.69) is 24.3 Å². The van der Waals surface area contributed by atoms with E-state index < -0.39 is 0 Å². The zero-order chi connectivity index (χ0) is 17.4. The standard InChI is InChI=1S/C22H27O2S/c1-15(2)22(23)24-20-13-14-21(19-12-4-3-11-18(19)20)25-16-7-5-8-17(25)10-6-9-16/h3-4,11-17H,5-10H2,1-2H3/q+1. The number of fused-ring (bicyclic) bond motifs is 3. The first-order valence-corrected chi connectivity index (χ1v) is 11.0. The minimum absolute atomic E-state index is 0.113. The smallest absolute Gasteiger partial charge is 0.313 e. The van der Waals surface area contributed by atoms with Gasteiger partial charge in [0.05, 0.1) is 5.92 Å². The molecule has 0 aromatic heterocycles. The molecule has 0 saturated carbocycles. The number of carbonyl (C=O) groups is 1. The maximum atomic E-state index is 12.1. The SMILES string of the molecule is CC(C)C(=O)Oc1ccc([S+]2C3CCCC2CCC3)c2ccccc12. The summed E-state index contributed by atoms with van der Waals surface area (Å²) in [7, 11) is 0.351. The fraction of sp³-hybridized carbons (Fsp3) is 0.500. The van der Waals surface area contributed by atoms with Gasteiger partial charge in [-0.2, -0.15) is 0 Å². The third kappa shape index (κ3) is 3.19. The van der Waals surface area contributed by atoms with Crippen molar-refractivity contribution >= 4 is 27.6 Å². The summed E-state index contributed by atoms with van der Waals surface area (Å²) in [6, 6.07) is 12.8. The van der Waals surface area contributed by atoms with Crippen LogP contribution in [0.2, 0.25) is 0 Å². The summed E-state index contributed by atoms with van der Waals surface area (Å²) in [6.07, 6.45) is 8.35. The largest absolute Gasteiger partial charge is 0.426 e. The van der Waals surface area contributed by atoms with E-state index >= 15 is 0 Å². The van der Waals surface area contributed by atoms with Crippen LogP contribution in [-0.2, 0) is 15.7 Å². The Balaban J connectivity index is 1.77. The van der Waals surface area contributed by atoms with Crippen LogP contribution in [0.25, 0.3) is 10.8 Å². The lowest BCUT2D eigenvalue weighted by atomic mass is 9.99. The Morgan fingerprint density at radius 2 is 1.56 bits per heavy atom. The van der Waals surface area contributed by atoms with Gasteiger partial charge in [0.1, 0.15) is 16.2 Å². The predicted molar refractivity (Wildman–Crippen MR) is 105 cm³/mol. The van der Waals surface area contributed by atoms with Crippen LogP contribution in [0.3, 0.4) is 0 Å². The van der Waals surface area contributed by atoms with Crippen molar-refractivity contribution in [2.75, 3.05) is 0 Å². The molecule has 2 aliphatic rings. The molecule has 0 aliphatic carbocycles. The highest BCUT2D eigenvalue weighted by atomic mass is 32.2. The van der Waals surface area contributed by atoms with E-state index in [1.165, 1.54) is 48.8 Å². The van der Waals surface area contributed by atoms with Gasteiger partial charge in [-0.25, -0.2) is 0 Å². The minimum atomic E-state index is -0.158. The molecule has 2 heterocycles. The summed E-state index contributed by atoms with van der Waals surface area (Å²) >= 11 is 0. The molecule has 4 rings (SSSR count). The fourth-order valence-electron chi connectivity index (χ4n) is 4.34. The summed E-state index contributed by atoms with van der Waals surface area (Å²) < 4.78 is 5.69. The highest BCUT2D eigenvalue weighted by Gasteiger charge is 2.46. The van der Waals surface area contributed by atoms with E-state index in [-0.39, 0.29) is 11.9 Å². The molecule has 0 spiro atoms. The normalized spacial score (nSPS) is 26.0. The van der Waals surface area contributed by atoms with E-state index in [9.17, 15) is 4.79 Å². The van der Waals surface area contributed by atoms with Crippen LogP contribution in [0, 0.1) is 5.92 Å². The summed E-state index contributed by atoms with van der Waals surface area (Å²) in [5.74, 6) is 0.441. The fourth-order valence-corrected chi connectivity index (χ4v) is 7.94. The molecule has 3 heteroatoms. The number of hydrogen-bond acceptors (Lipinski definition) is 2. The van der Waals surface area contributed by atoms with Crippen molar-refractivity contribution in [1.82, 2.24) is 0 Å². The first-order valence-electron chi connectivity index (χ1n) is 9.60. The highest BCUT2D eigenvalue weighted by molar-refractivity contribution is 7.98. The Bertz CT molecular complexity index is 761. The second-order valence-electron chi connectivity index (χ2n) is 7.66. The van der Waals surface area contributed by atoms with E-state index in [0.29, 0.717) is 16.6 Å². The van der Waals surface area contributed by atoms with E-state index in [1.807, 2.05) is 26.0 Å². The molecule has 2 saturated heterocycles. The molecule has 0 radical (unpaired) electrons. The Morgan fingerprint density at radius 3 is 2.16 bits per heavy atom. The lowest BCUT2D eigenvalue weighted by molar-refractivity contribution is -0.137. The molecule has 25 heavy (non-hydrogen) atoms. The number of esters is 1. The van der Waals surface area contributed by atoms with Gasteiger partial charge in [-0.1, -0.05) is 32.0 Å². The van der Waals surface area contributed by atoms with Gasteiger partial charge in [-0.3, -0.25) is 4.79 Å². The lowest BCUT2D eigenvalue weighted by Gasteiger charge is -2.35. The van der Waals surface area contributed by atoms with Crippen LogP contribution in [0.15, 0.2) is 41.3 Å². The minimum Gasteiger partial charge on any atom is -0.426 e. The van der Waals surface area contributed by atoms with Crippen molar-refractivity contribution in [3.8, 4) is 5.75 Å². The maximum absolute atomic E-state index is 12.1. The zero-order valence-corrected chi connectivity index (χ0v) is 16.0. The van der Waals surface area contributed by atoms with Crippen LogP contribution in [0.1, 0.15) is 52.4 Å². The van der Waals surface area contributed by atoms with Crippen molar-refractivity contribution in [2.24, 2.45) is 5.92 Å². The summed E-state index contributed by atoms with van der Waals surface area (Å²) in [5.41, 5.74) is 0. The average molecular weight is 356 g/mol. The van der Waals surface area contributed by atoms with E-state index in [4.69, 9.17) is 4.74 Å². The molecule has 2 nitrogen and oxygen atoms in total. The average Bonchev–Trinajstić information content (AvgIpc) is 2.61. The van der Waals surface area contributed by atoms with Crippen LogP contribution in [-0.4, -0.2) is 16.5 Å². The quantitative estimate of drug-likeness (QED) is 0.414. The Labute approximate surface area is 153 Å². The molecular formula is C22H27O2S+. The third-order valence-corrected chi connectivity index (χ3v) is 8.85. The first-order chi connectivity index (χ1) is 12.1. The zero-order valence-electron chi connectivity index (χ0n) is 15.2. The van der Waals surface area contributed by atoms with Crippen LogP contribution < -0.4 is 4.74 Å². The molecule has 0 amide bonds. The molecule has 0 atom stereocenters. The monoisotopic (exact) mass is 355 g/mol. The predicted octanol–water partition coefficient (Wildman–Crippen LogP) is 5.48. The molecule has 2 aliphatic heterocycles. The van der Waals surface area contributed by atoms with Crippen LogP contribution in [0.5, 0.6) is 5.75 Å². The van der Waals surface area contributed by atoms with Gasteiger partial charge in [-0.05, 0) is 56.7 Å². The van der Waals surface area contributed by atoms with Crippen molar-refractivity contribution < 1.29 is 9.53 Å². The Kier molecular flexibility index (Phi) is 4.77. The molecule has 2 fully saturated rings. The maximum Gasteiger partial charge on any atom is 0.313 e. The molecule has 0 N–H and O–H groups in total. The van der Waals surface area contributed by atoms with Gasteiger partial charge in [0.2, 0.25) is 0 Å². The number of carbonyl (C=O) groups excluding carboxylic acids is 1. The van der Waals surface area contributed by atoms with Crippen LogP contribution >= 0.6 is 0 Å². The van der Waals surface area contributed by atoms with Gasteiger partial charge in [0.15, 0.2) is 4.90 Å². The van der Waals surface area contributed by atoms with Gasteiger partial charge in [-0.15, -0.1) is 0 Å². The van der Waals surface area contributed by atoms with Crippen molar-refractivity contribution in [2.45, 2.75) is 67.8 Å². The number of hydrogen-bond donors (Lipinski definition) is 0. The van der Waals surface area contributed by atoms with Gasteiger partial charge in [0.25, 0.3) is 0 Å². The number of rotatable bonds is 3. The second kappa shape index (κ2) is 7.03. The third-order valence-electron chi connectivity index (χ3n) is 5.60. The molecule has 0 unspecified atom stereocenters. The van der Waals surface area contributed by atoms with Gasteiger partial charge < -0.3 is 4.74 Å². The molecule has 2 aromatic rings. The van der Waals surface area contributed by atoms with Crippen molar-refractivity contribution in [3.63, 3.8) is 0 Å². The Morgan fingerprint density at radius 1 is 0.960 bits per heavy atom.